The number of hydrogen-bond acceptors (Lipinski definition) is 4. The number of nitrogens with one attached hydrogen (secondary N) is 2. The van der Waals surface area contributed by atoms with Crippen LogP contribution in [0.4, 0.5) is 0 Å². The van der Waals surface area contributed by atoms with Crippen LogP contribution in [-0.4, -0.2) is 36.2 Å². The number of amides is 1. The number of aryl methyl sites for hydroxylation is 1. The Morgan fingerprint density at radius 2 is 2.22 bits per heavy atom. The van der Waals surface area contributed by atoms with E-state index in [0.717, 1.165) is 30.7 Å². The van der Waals surface area contributed by atoms with Gasteiger partial charge in [0.25, 0.3) is 0 Å². The second-order valence-corrected chi connectivity index (χ2v) is 6.70. The summed E-state index contributed by atoms with van der Waals surface area (Å²) >= 11 is 0. The highest BCUT2D eigenvalue weighted by molar-refractivity contribution is 5.81. The summed E-state index contributed by atoms with van der Waals surface area (Å²) in [6.45, 7) is 9.65. The third-order valence-electron chi connectivity index (χ3n) is 4.36. The van der Waals surface area contributed by atoms with E-state index >= 15 is 0 Å². The first-order valence-corrected chi connectivity index (χ1v) is 8.56. The van der Waals surface area contributed by atoms with Gasteiger partial charge in [-0.05, 0) is 44.2 Å². The molecule has 5 nitrogen and oxygen atoms in total. The van der Waals surface area contributed by atoms with Crippen LogP contribution in [0.25, 0.3) is 0 Å². The molecule has 2 rings (SSSR count). The number of carbonyl (C=O) groups is 1. The number of nitrogens with zero attached hydrogens (tertiary/aromatic N) is 1. The lowest BCUT2D eigenvalue weighted by Gasteiger charge is -2.27. The fourth-order valence-electron chi connectivity index (χ4n) is 2.93. The average molecular weight is 319 g/mol. The minimum Gasteiger partial charge on any atom is -0.376 e. The standard InChI is InChI=1S/C18H29N3O2/c1-12(2)16(17-13(3)7-5-9-19-17)21-14(4)18(22)20-11-15-8-6-10-23-15/h5,7,9,12,14-16,21H,6,8,10-11H2,1-4H3,(H,20,22)/t14-,15-,16-/m1/s1. The van der Waals surface area contributed by atoms with Gasteiger partial charge in [-0.25, -0.2) is 0 Å². The van der Waals surface area contributed by atoms with E-state index in [4.69, 9.17) is 4.74 Å². The van der Waals surface area contributed by atoms with E-state index in [1.54, 1.807) is 0 Å². The lowest BCUT2D eigenvalue weighted by Crippen LogP contribution is -2.46. The van der Waals surface area contributed by atoms with Gasteiger partial charge >= 0.3 is 0 Å². The first kappa shape index (κ1) is 17.9. The van der Waals surface area contributed by atoms with E-state index in [1.165, 1.54) is 0 Å². The molecule has 0 saturated carbocycles. The molecule has 1 aliphatic heterocycles. The molecule has 23 heavy (non-hydrogen) atoms. The van der Waals surface area contributed by atoms with Gasteiger partial charge in [-0.15, -0.1) is 0 Å². The molecule has 2 heterocycles. The lowest BCUT2D eigenvalue weighted by molar-refractivity contribution is -0.123. The lowest BCUT2D eigenvalue weighted by atomic mass is 9.96. The second kappa shape index (κ2) is 8.41. The van der Waals surface area contributed by atoms with E-state index < -0.39 is 0 Å². The van der Waals surface area contributed by atoms with Crippen LogP contribution < -0.4 is 10.6 Å². The first-order valence-electron chi connectivity index (χ1n) is 8.56. The predicted octanol–water partition coefficient (Wildman–Crippen LogP) is 2.36. The quantitative estimate of drug-likeness (QED) is 0.810. The Balaban J connectivity index is 1.93. The van der Waals surface area contributed by atoms with Gasteiger partial charge in [0.15, 0.2) is 0 Å². The van der Waals surface area contributed by atoms with Crippen molar-refractivity contribution in [3.63, 3.8) is 0 Å². The van der Waals surface area contributed by atoms with Gasteiger partial charge in [-0.1, -0.05) is 19.9 Å². The molecule has 0 spiro atoms. The molecule has 0 unspecified atom stereocenters. The minimum absolute atomic E-state index is 0.0136. The Labute approximate surface area is 139 Å². The molecule has 0 bridgehead atoms. The normalized spacial score (nSPS) is 20.5. The summed E-state index contributed by atoms with van der Waals surface area (Å²) in [5.41, 5.74) is 2.16. The van der Waals surface area contributed by atoms with Crippen molar-refractivity contribution in [3.8, 4) is 0 Å². The molecular formula is C18H29N3O2. The van der Waals surface area contributed by atoms with Gasteiger partial charge in [0.05, 0.1) is 23.9 Å². The molecule has 0 aliphatic carbocycles. The van der Waals surface area contributed by atoms with E-state index in [9.17, 15) is 4.79 Å². The smallest absolute Gasteiger partial charge is 0.236 e. The number of rotatable bonds is 7. The maximum atomic E-state index is 12.3. The van der Waals surface area contributed by atoms with Crippen LogP contribution in [0.2, 0.25) is 0 Å². The highest BCUT2D eigenvalue weighted by atomic mass is 16.5. The largest absolute Gasteiger partial charge is 0.376 e. The molecule has 2 N–H and O–H groups in total. The average Bonchev–Trinajstić information content (AvgIpc) is 3.04. The van der Waals surface area contributed by atoms with Crippen molar-refractivity contribution < 1.29 is 9.53 Å². The van der Waals surface area contributed by atoms with Crippen LogP contribution in [0.1, 0.15) is 50.9 Å². The summed E-state index contributed by atoms with van der Waals surface area (Å²) in [6, 6.07) is 3.78. The third-order valence-corrected chi connectivity index (χ3v) is 4.36. The van der Waals surface area contributed by atoms with E-state index in [-0.39, 0.29) is 24.1 Å². The van der Waals surface area contributed by atoms with Gasteiger partial charge in [0, 0.05) is 19.3 Å². The molecule has 1 aromatic heterocycles. The molecule has 1 fully saturated rings. The Morgan fingerprint density at radius 3 is 2.83 bits per heavy atom. The van der Waals surface area contributed by atoms with Crippen LogP contribution in [0.5, 0.6) is 0 Å². The van der Waals surface area contributed by atoms with Crippen molar-refractivity contribution in [2.75, 3.05) is 13.2 Å². The van der Waals surface area contributed by atoms with Crippen molar-refractivity contribution in [2.45, 2.75) is 58.7 Å². The van der Waals surface area contributed by atoms with Crippen LogP contribution >= 0.6 is 0 Å². The molecule has 5 heteroatoms. The first-order chi connectivity index (χ1) is 11.0. The number of aromatic nitrogens is 1. The van der Waals surface area contributed by atoms with Crippen molar-refractivity contribution in [1.29, 1.82) is 0 Å². The minimum atomic E-state index is -0.273. The molecule has 0 radical (unpaired) electrons. The summed E-state index contributed by atoms with van der Waals surface area (Å²) in [7, 11) is 0. The summed E-state index contributed by atoms with van der Waals surface area (Å²) in [5.74, 6) is 0.358. The van der Waals surface area contributed by atoms with Gasteiger partial charge in [0.2, 0.25) is 5.91 Å². The number of hydrogen-bond donors (Lipinski definition) is 2. The number of ether oxygens (including phenoxy) is 1. The molecule has 1 aromatic rings. The molecular weight excluding hydrogens is 290 g/mol. The Morgan fingerprint density at radius 1 is 1.43 bits per heavy atom. The number of carbonyl (C=O) groups excluding carboxylic acids is 1. The topological polar surface area (TPSA) is 63.2 Å². The third kappa shape index (κ3) is 5.01. The molecule has 1 saturated heterocycles. The summed E-state index contributed by atoms with van der Waals surface area (Å²) in [5, 5.41) is 6.42. The van der Waals surface area contributed by atoms with Gasteiger partial charge in [-0.3, -0.25) is 15.1 Å². The number of pyridine rings is 1. The maximum Gasteiger partial charge on any atom is 0.236 e. The maximum absolute atomic E-state index is 12.3. The van der Waals surface area contributed by atoms with Crippen LogP contribution in [0.15, 0.2) is 18.3 Å². The molecule has 128 valence electrons. The van der Waals surface area contributed by atoms with Crippen molar-refractivity contribution >= 4 is 5.91 Å². The zero-order valence-electron chi connectivity index (χ0n) is 14.6. The highest BCUT2D eigenvalue weighted by Crippen LogP contribution is 2.23. The second-order valence-electron chi connectivity index (χ2n) is 6.70. The fraction of sp³-hybridized carbons (Fsp3) is 0.667. The van der Waals surface area contributed by atoms with Crippen molar-refractivity contribution in [3.05, 3.63) is 29.6 Å². The van der Waals surface area contributed by atoms with E-state index in [2.05, 4.69) is 42.5 Å². The fourth-order valence-corrected chi connectivity index (χ4v) is 2.93. The zero-order valence-corrected chi connectivity index (χ0v) is 14.6. The summed E-state index contributed by atoms with van der Waals surface area (Å²) in [6.07, 6.45) is 4.10. The Kier molecular flexibility index (Phi) is 6.54. The van der Waals surface area contributed by atoms with Crippen molar-refractivity contribution in [2.24, 2.45) is 5.92 Å². The van der Waals surface area contributed by atoms with Gasteiger partial charge in [0.1, 0.15) is 0 Å². The van der Waals surface area contributed by atoms with Crippen LogP contribution in [0, 0.1) is 12.8 Å². The van der Waals surface area contributed by atoms with Crippen LogP contribution in [-0.2, 0) is 9.53 Å². The van der Waals surface area contributed by atoms with E-state index in [1.807, 2.05) is 19.2 Å². The molecule has 1 amide bonds. The monoisotopic (exact) mass is 319 g/mol. The van der Waals surface area contributed by atoms with Gasteiger partial charge in [-0.2, -0.15) is 0 Å². The molecule has 1 aliphatic rings. The summed E-state index contributed by atoms with van der Waals surface area (Å²) < 4.78 is 5.54. The zero-order chi connectivity index (χ0) is 16.8. The Bertz CT molecular complexity index is 513. The van der Waals surface area contributed by atoms with Gasteiger partial charge < -0.3 is 10.1 Å². The SMILES string of the molecule is Cc1cccnc1[C@H](N[C@H](C)C(=O)NC[C@H]1CCCO1)C(C)C. The van der Waals surface area contributed by atoms with E-state index in [0.29, 0.717) is 12.5 Å². The van der Waals surface area contributed by atoms with Crippen LogP contribution in [0.3, 0.4) is 0 Å². The predicted molar refractivity (Wildman–Crippen MR) is 91.1 cm³/mol. The Hall–Kier alpha value is -1.46. The van der Waals surface area contributed by atoms with Crippen molar-refractivity contribution in [1.82, 2.24) is 15.6 Å². The summed E-state index contributed by atoms with van der Waals surface area (Å²) in [4.78, 5) is 16.8. The highest BCUT2D eigenvalue weighted by Gasteiger charge is 2.24. The molecule has 3 atom stereocenters. The molecule has 0 aromatic carbocycles.